The molecular formula is C17H22N2O. The highest BCUT2D eigenvalue weighted by Crippen LogP contribution is 2.42. The maximum atomic E-state index is 5.49. The predicted molar refractivity (Wildman–Crippen MR) is 81.6 cm³/mol. The summed E-state index contributed by atoms with van der Waals surface area (Å²) < 4.78 is 5.49. The molecular weight excluding hydrogens is 248 g/mol. The molecule has 0 amide bonds. The number of hydrogen-bond donors (Lipinski definition) is 1. The number of nitrogens with zero attached hydrogens (tertiary/aromatic N) is 1. The third kappa shape index (κ3) is 2.32. The molecule has 0 saturated heterocycles. The molecule has 1 N–H and O–H groups in total. The molecule has 2 atom stereocenters. The Labute approximate surface area is 120 Å². The minimum Gasteiger partial charge on any atom is -0.381 e. The van der Waals surface area contributed by atoms with Gasteiger partial charge in [0, 0.05) is 36.7 Å². The normalized spacial score (nSPS) is 24.6. The van der Waals surface area contributed by atoms with Crippen LogP contribution in [0.25, 0.3) is 10.9 Å². The molecule has 2 unspecified atom stereocenters. The van der Waals surface area contributed by atoms with Gasteiger partial charge in [-0.25, -0.2) is 0 Å². The molecule has 0 radical (unpaired) electrons. The quantitative estimate of drug-likeness (QED) is 0.926. The van der Waals surface area contributed by atoms with Gasteiger partial charge in [0.1, 0.15) is 0 Å². The van der Waals surface area contributed by atoms with Crippen LogP contribution in [0.4, 0.5) is 0 Å². The molecule has 3 rings (SSSR count). The monoisotopic (exact) mass is 270 g/mol. The van der Waals surface area contributed by atoms with E-state index < -0.39 is 0 Å². The highest BCUT2D eigenvalue weighted by atomic mass is 16.5. The van der Waals surface area contributed by atoms with Crippen molar-refractivity contribution >= 4 is 10.9 Å². The van der Waals surface area contributed by atoms with Crippen molar-refractivity contribution in [1.29, 1.82) is 0 Å². The van der Waals surface area contributed by atoms with Gasteiger partial charge in [0.2, 0.25) is 0 Å². The van der Waals surface area contributed by atoms with Crippen LogP contribution >= 0.6 is 0 Å². The lowest BCUT2D eigenvalue weighted by molar-refractivity contribution is -0.0979. The highest BCUT2D eigenvalue weighted by molar-refractivity contribution is 5.78. The van der Waals surface area contributed by atoms with Gasteiger partial charge in [-0.2, -0.15) is 0 Å². The number of hydrogen-bond acceptors (Lipinski definition) is 3. The van der Waals surface area contributed by atoms with Gasteiger partial charge in [-0.05, 0) is 30.2 Å². The van der Waals surface area contributed by atoms with E-state index in [0.29, 0.717) is 12.1 Å². The molecule has 1 saturated carbocycles. The van der Waals surface area contributed by atoms with E-state index in [-0.39, 0.29) is 5.41 Å². The summed E-state index contributed by atoms with van der Waals surface area (Å²) in [6.07, 6.45) is 3.31. The maximum Gasteiger partial charge on any atom is 0.0702 e. The lowest BCUT2D eigenvalue weighted by Gasteiger charge is -2.51. The molecule has 1 heterocycles. The number of ether oxygens (including phenoxy) is 1. The summed E-state index contributed by atoms with van der Waals surface area (Å²) >= 11 is 0. The standard InChI is InChI=1S/C17H22N2O/c1-17(2)15(10-16(17)20-3)19-11-12-6-7-14-13(9-12)5-4-8-18-14/h4-9,15-16,19H,10-11H2,1-3H3. The number of pyridine rings is 1. The van der Waals surface area contributed by atoms with Gasteiger partial charge in [0.25, 0.3) is 0 Å². The Bertz CT molecular complexity index is 609. The molecule has 2 aromatic rings. The smallest absolute Gasteiger partial charge is 0.0702 e. The summed E-state index contributed by atoms with van der Waals surface area (Å²) in [4.78, 5) is 4.35. The van der Waals surface area contributed by atoms with Crippen LogP contribution in [0.5, 0.6) is 0 Å². The van der Waals surface area contributed by atoms with Crippen molar-refractivity contribution < 1.29 is 4.74 Å². The van der Waals surface area contributed by atoms with Gasteiger partial charge in [-0.3, -0.25) is 4.98 Å². The first-order chi connectivity index (χ1) is 9.61. The van der Waals surface area contributed by atoms with Crippen molar-refractivity contribution in [2.24, 2.45) is 5.41 Å². The number of benzene rings is 1. The van der Waals surface area contributed by atoms with E-state index in [1.807, 2.05) is 12.3 Å². The van der Waals surface area contributed by atoms with Crippen molar-refractivity contribution in [2.45, 2.75) is 39.0 Å². The van der Waals surface area contributed by atoms with Gasteiger partial charge in [0.15, 0.2) is 0 Å². The molecule has 0 spiro atoms. The Morgan fingerprint density at radius 2 is 2.20 bits per heavy atom. The molecule has 0 aliphatic heterocycles. The molecule has 20 heavy (non-hydrogen) atoms. The Balaban J connectivity index is 1.66. The van der Waals surface area contributed by atoms with Crippen LogP contribution in [0.15, 0.2) is 36.5 Å². The fourth-order valence-corrected chi connectivity index (χ4v) is 3.11. The van der Waals surface area contributed by atoms with Crippen LogP contribution < -0.4 is 5.32 Å². The van der Waals surface area contributed by atoms with Gasteiger partial charge in [-0.15, -0.1) is 0 Å². The molecule has 3 heteroatoms. The van der Waals surface area contributed by atoms with E-state index in [2.05, 4.69) is 48.4 Å². The molecule has 0 bridgehead atoms. The fraction of sp³-hybridized carbons (Fsp3) is 0.471. The minimum atomic E-state index is 0.215. The maximum absolute atomic E-state index is 5.49. The Hall–Kier alpha value is -1.45. The van der Waals surface area contributed by atoms with E-state index in [9.17, 15) is 0 Å². The topological polar surface area (TPSA) is 34.1 Å². The molecule has 1 fully saturated rings. The van der Waals surface area contributed by atoms with Crippen LogP contribution in [-0.4, -0.2) is 24.2 Å². The van der Waals surface area contributed by atoms with Gasteiger partial charge < -0.3 is 10.1 Å². The van der Waals surface area contributed by atoms with Gasteiger partial charge in [-0.1, -0.05) is 26.0 Å². The Morgan fingerprint density at radius 1 is 1.35 bits per heavy atom. The number of methoxy groups -OCH3 is 1. The SMILES string of the molecule is COC1CC(NCc2ccc3ncccc3c2)C1(C)C. The van der Waals surface area contributed by atoms with E-state index in [1.165, 1.54) is 10.9 Å². The van der Waals surface area contributed by atoms with Crippen LogP contribution in [-0.2, 0) is 11.3 Å². The fourth-order valence-electron chi connectivity index (χ4n) is 3.11. The largest absolute Gasteiger partial charge is 0.381 e. The zero-order valence-electron chi connectivity index (χ0n) is 12.4. The molecule has 1 aromatic heterocycles. The van der Waals surface area contributed by atoms with E-state index in [4.69, 9.17) is 4.74 Å². The van der Waals surface area contributed by atoms with E-state index >= 15 is 0 Å². The molecule has 106 valence electrons. The van der Waals surface area contributed by atoms with Crippen LogP contribution in [0, 0.1) is 5.41 Å². The van der Waals surface area contributed by atoms with Crippen molar-refractivity contribution in [3.05, 3.63) is 42.1 Å². The number of aromatic nitrogens is 1. The highest BCUT2D eigenvalue weighted by Gasteiger charge is 2.48. The first-order valence-electron chi connectivity index (χ1n) is 7.21. The first-order valence-corrected chi connectivity index (χ1v) is 7.21. The molecule has 3 nitrogen and oxygen atoms in total. The lowest BCUT2D eigenvalue weighted by atomic mass is 9.64. The van der Waals surface area contributed by atoms with Gasteiger partial charge in [0.05, 0.1) is 11.6 Å². The second-order valence-corrected chi connectivity index (χ2v) is 6.25. The summed E-state index contributed by atoms with van der Waals surface area (Å²) in [5, 5.41) is 4.86. The van der Waals surface area contributed by atoms with Crippen molar-refractivity contribution in [3.63, 3.8) is 0 Å². The summed E-state index contributed by atoms with van der Waals surface area (Å²) in [6, 6.07) is 11.1. The first kappa shape index (κ1) is 13.5. The Kier molecular flexibility index (Phi) is 3.48. The molecule has 1 aromatic carbocycles. The summed E-state index contributed by atoms with van der Waals surface area (Å²) in [7, 11) is 1.80. The number of fused-ring (bicyclic) bond motifs is 1. The van der Waals surface area contributed by atoms with Crippen LogP contribution in [0.1, 0.15) is 25.8 Å². The Morgan fingerprint density at radius 3 is 2.95 bits per heavy atom. The third-order valence-corrected chi connectivity index (χ3v) is 4.68. The second-order valence-electron chi connectivity index (χ2n) is 6.25. The van der Waals surface area contributed by atoms with Crippen molar-refractivity contribution in [2.75, 3.05) is 7.11 Å². The molecule has 1 aliphatic rings. The summed E-state index contributed by atoms with van der Waals surface area (Å²) in [6.45, 7) is 5.44. The van der Waals surface area contributed by atoms with Crippen molar-refractivity contribution in [1.82, 2.24) is 10.3 Å². The number of nitrogens with one attached hydrogen (secondary N) is 1. The third-order valence-electron chi connectivity index (χ3n) is 4.68. The van der Waals surface area contributed by atoms with E-state index in [1.54, 1.807) is 7.11 Å². The van der Waals surface area contributed by atoms with Crippen LogP contribution in [0.2, 0.25) is 0 Å². The van der Waals surface area contributed by atoms with E-state index in [0.717, 1.165) is 18.5 Å². The summed E-state index contributed by atoms with van der Waals surface area (Å²) in [5.41, 5.74) is 2.58. The predicted octanol–water partition coefficient (Wildman–Crippen LogP) is 3.14. The minimum absolute atomic E-state index is 0.215. The van der Waals surface area contributed by atoms with Crippen LogP contribution in [0.3, 0.4) is 0 Å². The van der Waals surface area contributed by atoms with Crippen molar-refractivity contribution in [3.8, 4) is 0 Å². The molecule has 1 aliphatic carbocycles. The average Bonchev–Trinajstić information content (AvgIpc) is 2.46. The zero-order valence-corrected chi connectivity index (χ0v) is 12.4. The lowest BCUT2D eigenvalue weighted by Crippen LogP contribution is -2.60. The van der Waals surface area contributed by atoms with Gasteiger partial charge >= 0.3 is 0 Å². The number of rotatable bonds is 4. The average molecular weight is 270 g/mol. The second kappa shape index (κ2) is 5.15. The zero-order chi connectivity index (χ0) is 14.2. The summed E-state index contributed by atoms with van der Waals surface area (Å²) in [5.74, 6) is 0.